The molecule has 24 heavy (non-hydrogen) atoms. The number of carbonyl (C=O) groups is 2. The highest BCUT2D eigenvalue weighted by Gasteiger charge is 2.52. The van der Waals surface area contributed by atoms with E-state index in [0.717, 1.165) is 31.0 Å². The van der Waals surface area contributed by atoms with Gasteiger partial charge in [-0.25, -0.2) is 13.9 Å². The first-order valence-corrected chi connectivity index (χ1v) is 8.41. The maximum Gasteiger partial charge on any atom is 0.401 e. The average molecular weight is 330 g/mol. The summed E-state index contributed by atoms with van der Waals surface area (Å²) in [5.74, 6) is 1.05. The van der Waals surface area contributed by atoms with Gasteiger partial charge in [-0.2, -0.15) is 0 Å². The lowest BCUT2D eigenvalue weighted by Gasteiger charge is -2.32. The minimum Gasteiger partial charge on any atom is -0.270 e. The van der Waals surface area contributed by atoms with Crippen molar-refractivity contribution in [1.82, 2.24) is 14.4 Å². The number of carbonyl (C=O) groups excluding carboxylic acids is 2. The van der Waals surface area contributed by atoms with Crippen LogP contribution in [0.15, 0.2) is 23.3 Å². The zero-order valence-corrected chi connectivity index (χ0v) is 14.7. The Morgan fingerprint density at radius 1 is 1.38 bits per heavy atom. The van der Waals surface area contributed by atoms with Crippen LogP contribution >= 0.6 is 0 Å². The van der Waals surface area contributed by atoms with E-state index < -0.39 is 6.04 Å². The standard InChI is InChI=1S/C17H24N5O2/c1-5-7-9-20-12(3)11-22-13-14(18-16(20)22)19(4)17(24)21(15(13)23)10-8-6-2/h6,8,11,13H,5,7,9-10H2,1-4H3/q+1/b8-6+. The van der Waals surface area contributed by atoms with E-state index in [2.05, 4.69) is 16.5 Å². The van der Waals surface area contributed by atoms with Crippen LogP contribution in [-0.2, 0) is 11.3 Å². The normalized spacial score (nSPS) is 20.0. The van der Waals surface area contributed by atoms with Crippen LogP contribution in [0.4, 0.5) is 10.7 Å². The zero-order valence-electron chi connectivity index (χ0n) is 14.7. The number of fused-ring (bicyclic) bond motifs is 3. The van der Waals surface area contributed by atoms with Crippen LogP contribution in [-0.4, -0.2) is 45.7 Å². The van der Waals surface area contributed by atoms with Crippen molar-refractivity contribution in [2.75, 3.05) is 13.6 Å². The Morgan fingerprint density at radius 3 is 2.79 bits per heavy atom. The van der Waals surface area contributed by atoms with Gasteiger partial charge in [0.15, 0.2) is 0 Å². The Kier molecular flexibility index (Phi) is 4.26. The average Bonchev–Trinajstić information content (AvgIpc) is 3.06. The van der Waals surface area contributed by atoms with Crippen LogP contribution in [0.2, 0.25) is 0 Å². The number of allylic oxidation sites excluding steroid dienone is 1. The number of aliphatic imine (C=N–C) groups is 1. The first-order chi connectivity index (χ1) is 11.5. The summed E-state index contributed by atoms with van der Waals surface area (Å²) >= 11 is 0. The number of aromatic nitrogens is 2. The molecule has 0 bridgehead atoms. The summed E-state index contributed by atoms with van der Waals surface area (Å²) in [6, 6.07) is -0.870. The third-order valence-corrected chi connectivity index (χ3v) is 4.58. The van der Waals surface area contributed by atoms with Gasteiger partial charge in [0.05, 0.1) is 6.54 Å². The van der Waals surface area contributed by atoms with Crippen molar-refractivity contribution >= 4 is 23.7 Å². The van der Waals surface area contributed by atoms with Gasteiger partial charge < -0.3 is 0 Å². The Bertz CT molecular complexity index is 746. The Labute approximate surface area is 141 Å². The first-order valence-electron chi connectivity index (χ1n) is 8.41. The molecule has 1 fully saturated rings. The molecule has 1 atom stereocenters. The molecule has 1 aromatic heterocycles. The minimum absolute atomic E-state index is 0.216. The van der Waals surface area contributed by atoms with Crippen molar-refractivity contribution in [2.24, 2.45) is 4.99 Å². The molecule has 2 aliphatic heterocycles. The number of amides is 3. The van der Waals surface area contributed by atoms with Crippen LogP contribution in [0.5, 0.6) is 0 Å². The molecular formula is C17H24N5O2+. The van der Waals surface area contributed by atoms with Crippen LogP contribution in [0.1, 0.15) is 38.4 Å². The van der Waals surface area contributed by atoms with E-state index in [1.54, 1.807) is 7.05 Å². The number of imide groups is 1. The third-order valence-electron chi connectivity index (χ3n) is 4.58. The predicted octanol–water partition coefficient (Wildman–Crippen LogP) is 1.94. The monoisotopic (exact) mass is 330 g/mol. The quantitative estimate of drug-likeness (QED) is 0.612. The predicted molar refractivity (Wildman–Crippen MR) is 90.1 cm³/mol. The van der Waals surface area contributed by atoms with E-state index in [0.29, 0.717) is 5.84 Å². The van der Waals surface area contributed by atoms with Crippen molar-refractivity contribution in [1.29, 1.82) is 0 Å². The summed E-state index contributed by atoms with van der Waals surface area (Å²) in [6.07, 6.45) is 7.74. The molecule has 7 heteroatoms. The molecule has 0 N–H and O–H groups in total. The molecule has 0 aromatic carbocycles. The van der Waals surface area contributed by atoms with Gasteiger partial charge in [-0.05, 0) is 20.3 Å². The van der Waals surface area contributed by atoms with Crippen molar-refractivity contribution in [3.05, 3.63) is 24.0 Å². The number of aryl methyl sites for hydroxylation is 1. The highest BCUT2D eigenvalue weighted by molar-refractivity contribution is 6.19. The molecule has 2 aliphatic rings. The Morgan fingerprint density at radius 2 is 2.12 bits per heavy atom. The van der Waals surface area contributed by atoms with Gasteiger partial charge in [-0.15, -0.1) is 0 Å². The molecule has 7 nitrogen and oxygen atoms in total. The fraction of sp³-hybridized carbons (Fsp3) is 0.529. The van der Waals surface area contributed by atoms with Crippen LogP contribution in [0.3, 0.4) is 0 Å². The molecule has 0 spiro atoms. The molecule has 1 unspecified atom stereocenters. The SMILES string of the molecule is C/C=C/CN1C(=O)C2C(=Nc3n(CCCC)c(C)c[n+]32)N(C)C1=O. The van der Waals surface area contributed by atoms with Gasteiger partial charge in [0.1, 0.15) is 11.9 Å². The topological polar surface area (TPSA) is 61.8 Å². The lowest BCUT2D eigenvalue weighted by Crippen LogP contribution is -2.62. The van der Waals surface area contributed by atoms with Crippen molar-refractivity contribution < 1.29 is 14.2 Å². The van der Waals surface area contributed by atoms with Gasteiger partial charge in [-0.1, -0.05) is 30.5 Å². The van der Waals surface area contributed by atoms with Crippen LogP contribution in [0, 0.1) is 6.92 Å². The lowest BCUT2D eigenvalue weighted by atomic mass is 10.1. The summed E-state index contributed by atoms with van der Waals surface area (Å²) in [7, 11) is 1.68. The second-order valence-corrected chi connectivity index (χ2v) is 6.21. The van der Waals surface area contributed by atoms with Gasteiger partial charge in [0.25, 0.3) is 5.91 Å². The van der Waals surface area contributed by atoms with Gasteiger partial charge in [0, 0.05) is 13.6 Å². The van der Waals surface area contributed by atoms with E-state index >= 15 is 0 Å². The number of unbranched alkanes of at least 4 members (excludes halogenated alkanes) is 1. The summed E-state index contributed by atoms with van der Waals surface area (Å²) < 4.78 is 4.02. The molecule has 1 aromatic rings. The molecule has 3 amide bonds. The van der Waals surface area contributed by atoms with Crippen LogP contribution < -0.4 is 4.57 Å². The largest absolute Gasteiger partial charge is 0.401 e. The second-order valence-electron chi connectivity index (χ2n) is 6.21. The number of hydrogen-bond acceptors (Lipinski definition) is 3. The lowest BCUT2D eigenvalue weighted by molar-refractivity contribution is -0.677. The number of amidine groups is 1. The molecule has 1 saturated heterocycles. The third kappa shape index (κ3) is 2.35. The number of hydrogen-bond donors (Lipinski definition) is 0. The van der Waals surface area contributed by atoms with Crippen LogP contribution in [0.25, 0.3) is 0 Å². The smallest absolute Gasteiger partial charge is 0.270 e. The Hall–Kier alpha value is -2.44. The molecular weight excluding hydrogens is 306 g/mol. The van der Waals surface area contributed by atoms with E-state index in [-0.39, 0.29) is 18.5 Å². The molecule has 3 heterocycles. The van der Waals surface area contributed by atoms with E-state index in [4.69, 9.17) is 0 Å². The highest BCUT2D eigenvalue weighted by Crippen LogP contribution is 2.29. The van der Waals surface area contributed by atoms with Crippen molar-refractivity contribution in [3.63, 3.8) is 0 Å². The first kappa shape index (κ1) is 16.4. The van der Waals surface area contributed by atoms with E-state index in [9.17, 15) is 9.59 Å². The number of urea groups is 1. The molecule has 0 saturated carbocycles. The summed E-state index contributed by atoms with van der Waals surface area (Å²) in [5, 5.41) is 0. The minimum atomic E-state index is -0.547. The molecule has 3 rings (SSSR count). The maximum atomic E-state index is 12.9. The zero-order chi connectivity index (χ0) is 17.4. The number of likely N-dealkylation sites (N-methyl/N-ethyl adjacent to an activating group) is 1. The van der Waals surface area contributed by atoms with Gasteiger partial charge >= 0.3 is 12.0 Å². The fourth-order valence-electron chi connectivity index (χ4n) is 3.20. The van der Waals surface area contributed by atoms with E-state index in [1.165, 1.54) is 9.80 Å². The number of imidazole rings is 1. The fourth-order valence-corrected chi connectivity index (χ4v) is 3.20. The summed E-state index contributed by atoms with van der Waals surface area (Å²) in [5.41, 5.74) is 1.08. The number of rotatable bonds is 5. The van der Waals surface area contributed by atoms with Gasteiger partial charge in [0.2, 0.25) is 11.9 Å². The molecule has 0 aliphatic carbocycles. The summed E-state index contributed by atoms with van der Waals surface area (Å²) in [4.78, 5) is 32.8. The Balaban J connectivity index is 2.02. The second kappa shape index (κ2) is 6.22. The van der Waals surface area contributed by atoms with E-state index in [1.807, 2.05) is 36.8 Å². The number of nitrogens with zero attached hydrogens (tertiary/aromatic N) is 5. The maximum absolute atomic E-state index is 12.9. The molecule has 128 valence electrons. The van der Waals surface area contributed by atoms with Crippen molar-refractivity contribution in [2.45, 2.75) is 46.2 Å². The highest BCUT2D eigenvalue weighted by atomic mass is 16.2. The molecule has 0 radical (unpaired) electrons. The van der Waals surface area contributed by atoms with Gasteiger partial charge in [-0.3, -0.25) is 14.6 Å². The summed E-state index contributed by atoms with van der Waals surface area (Å²) in [6.45, 7) is 7.19. The van der Waals surface area contributed by atoms with Crippen molar-refractivity contribution in [3.8, 4) is 0 Å².